The van der Waals surface area contributed by atoms with Gasteiger partial charge in [0.15, 0.2) is 4.21 Å². The summed E-state index contributed by atoms with van der Waals surface area (Å²) in [6.07, 6.45) is 5.57. The van der Waals surface area contributed by atoms with Crippen molar-refractivity contribution in [2.75, 3.05) is 6.54 Å². The van der Waals surface area contributed by atoms with Crippen LogP contribution in [0.25, 0.3) is 0 Å². The largest absolute Gasteiger partial charge is 0.393 e. The second kappa shape index (κ2) is 5.36. The molecular weight excluding hydrogens is 296 g/mol. The molecule has 3 rings (SSSR count). The van der Waals surface area contributed by atoms with Gasteiger partial charge in [-0.2, -0.15) is 4.31 Å². The highest BCUT2D eigenvalue weighted by molar-refractivity contribution is 7.91. The van der Waals surface area contributed by atoms with Gasteiger partial charge in [0.25, 0.3) is 10.0 Å². The molecule has 1 aliphatic carbocycles. The van der Waals surface area contributed by atoms with Crippen LogP contribution >= 0.6 is 11.3 Å². The van der Waals surface area contributed by atoms with Crippen LogP contribution in [0.5, 0.6) is 0 Å². The second-order valence-corrected chi connectivity index (χ2v) is 9.04. The Bertz CT molecular complexity index is 584. The smallest absolute Gasteiger partial charge is 0.254 e. The molecule has 5 nitrogen and oxygen atoms in total. The van der Waals surface area contributed by atoms with Gasteiger partial charge in [0, 0.05) is 18.5 Å². The van der Waals surface area contributed by atoms with E-state index in [1.807, 2.05) is 6.92 Å². The van der Waals surface area contributed by atoms with Gasteiger partial charge in [0.05, 0.1) is 17.3 Å². The summed E-state index contributed by atoms with van der Waals surface area (Å²) < 4.78 is 27.4. The zero-order valence-electron chi connectivity index (χ0n) is 11.5. The Hall–Kier alpha value is -0.500. The molecule has 1 saturated carbocycles. The molecule has 0 radical (unpaired) electrons. The number of aryl methyl sites for hydroxylation is 1. The Labute approximate surface area is 123 Å². The summed E-state index contributed by atoms with van der Waals surface area (Å²) in [6, 6.07) is -0.0418. The Balaban J connectivity index is 1.88. The number of rotatable bonds is 3. The van der Waals surface area contributed by atoms with E-state index in [4.69, 9.17) is 0 Å². The van der Waals surface area contributed by atoms with Crippen LogP contribution in [0, 0.1) is 12.8 Å². The highest BCUT2D eigenvalue weighted by Crippen LogP contribution is 2.38. The van der Waals surface area contributed by atoms with Gasteiger partial charge in [-0.05, 0) is 32.6 Å². The second-order valence-electron chi connectivity index (χ2n) is 5.69. The van der Waals surface area contributed by atoms with Crippen molar-refractivity contribution < 1.29 is 13.5 Å². The Kier molecular flexibility index (Phi) is 3.87. The first-order valence-corrected chi connectivity index (χ1v) is 9.38. The summed E-state index contributed by atoms with van der Waals surface area (Å²) in [4.78, 5) is 4.06. The molecule has 2 heterocycles. The average Bonchev–Trinajstić information content (AvgIpc) is 3.07. The monoisotopic (exact) mass is 316 g/mol. The van der Waals surface area contributed by atoms with E-state index in [0.29, 0.717) is 10.8 Å². The summed E-state index contributed by atoms with van der Waals surface area (Å²) in [5.74, 6) is 0.0984. The third-order valence-electron chi connectivity index (χ3n) is 4.44. The van der Waals surface area contributed by atoms with Gasteiger partial charge in [-0.15, -0.1) is 11.3 Å². The maximum atomic E-state index is 12.7. The molecule has 1 saturated heterocycles. The highest BCUT2D eigenvalue weighted by atomic mass is 32.2. The molecule has 1 N–H and O–H groups in total. The van der Waals surface area contributed by atoms with E-state index in [-0.39, 0.29) is 18.1 Å². The van der Waals surface area contributed by atoms with Gasteiger partial charge in [0.1, 0.15) is 0 Å². The standard InChI is InChI=1S/C13H20N2O3S2/c1-9-14-8-13(19-9)20(17,18)15-7-3-5-11(15)10-4-2-6-12(10)16/h8,10-12,16H,2-7H2,1H3. The van der Waals surface area contributed by atoms with Crippen molar-refractivity contribution >= 4 is 21.4 Å². The third-order valence-corrected chi connectivity index (χ3v) is 7.71. The van der Waals surface area contributed by atoms with E-state index in [1.165, 1.54) is 17.5 Å². The van der Waals surface area contributed by atoms with Crippen molar-refractivity contribution in [2.45, 2.75) is 55.4 Å². The minimum Gasteiger partial charge on any atom is -0.393 e. The maximum absolute atomic E-state index is 12.7. The van der Waals surface area contributed by atoms with Gasteiger partial charge >= 0.3 is 0 Å². The normalized spacial score (nSPS) is 32.0. The van der Waals surface area contributed by atoms with Crippen molar-refractivity contribution in [1.29, 1.82) is 0 Å². The molecular formula is C13H20N2O3S2. The Morgan fingerprint density at radius 3 is 2.75 bits per heavy atom. The van der Waals surface area contributed by atoms with Crippen LogP contribution in [0.3, 0.4) is 0 Å². The lowest BCUT2D eigenvalue weighted by Gasteiger charge is -2.29. The number of aliphatic hydroxyl groups is 1. The van der Waals surface area contributed by atoms with Gasteiger partial charge in [-0.1, -0.05) is 6.42 Å². The fourth-order valence-electron chi connectivity index (χ4n) is 3.49. The van der Waals surface area contributed by atoms with E-state index < -0.39 is 10.0 Å². The molecule has 3 unspecified atom stereocenters. The van der Waals surface area contributed by atoms with Crippen molar-refractivity contribution in [2.24, 2.45) is 5.92 Å². The number of hydrogen-bond donors (Lipinski definition) is 1. The number of nitrogens with zero attached hydrogens (tertiary/aromatic N) is 2. The van der Waals surface area contributed by atoms with Crippen LogP contribution in [0.2, 0.25) is 0 Å². The first kappa shape index (κ1) is 14.4. The lowest BCUT2D eigenvalue weighted by atomic mass is 9.95. The molecule has 112 valence electrons. The number of aliphatic hydroxyl groups excluding tert-OH is 1. The van der Waals surface area contributed by atoms with Crippen LogP contribution < -0.4 is 0 Å². The summed E-state index contributed by atoms with van der Waals surface area (Å²) in [5.41, 5.74) is 0. The predicted octanol–water partition coefficient (Wildman–Crippen LogP) is 1.77. The summed E-state index contributed by atoms with van der Waals surface area (Å²) in [5, 5.41) is 10.8. The maximum Gasteiger partial charge on any atom is 0.254 e. The number of thiazole rings is 1. The van der Waals surface area contributed by atoms with Gasteiger partial charge in [-0.25, -0.2) is 13.4 Å². The number of aromatic nitrogens is 1. The van der Waals surface area contributed by atoms with E-state index in [2.05, 4.69) is 4.98 Å². The molecule has 0 spiro atoms. The van der Waals surface area contributed by atoms with Crippen molar-refractivity contribution in [3.05, 3.63) is 11.2 Å². The topological polar surface area (TPSA) is 70.5 Å². The van der Waals surface area contributed by atoms with E-state index >= 15 is 0 Å². The summed E-state index contributed by atoms with van der Waals surface area (Å²) in [6.45, 7) is 2.37. The highest BCUT2D eigenvalue weighted by Gasteiger charge is 2.43. The SMILES string of the molecule is Cc1ncc(S(=O)(=O)N2CCCC2C2CCCC2O)s1. The summed E-state index contributed by atoms with van der Waals surface area (Å²) >= 11 is 1.22. The van der Waals surface area contributed by atoms with Crippen molar-refractivity contribution in [3.8, 4) is 0 Å². The third kappa shape index (κ3) is 2.41. The quantitative estimate of drug-likeness (QED) is 0.922. The fourth-order valence-corrected chi connectivity index (χ4v) is 6.46. The lowest BCUT2D eigenvalue weighted by Crippen LogP contribution is -2.42. The van der Waals surface area contributed by atoms with Gasteiger partial charge in [-0.3, -0.25) is 0 Å². The van der Waals surface area contributed by atoms with Crippen LogP contribution in [0.15, 0.2) is 10.4 Å². The van der Waals surface area contributed by atoms with Crippen LogP contribution in [0.4, 0.5) is 0 Å². The van der Waals surface area contributed by atoms with Crippen LogP contribution in [0.1, 0.15) is 37.1 Å². The van der Waals surface area contributed by atoms with Gasteiger partial charge in [0.2, 0.25) is 0 Å². The molecule has 0 aromatic carbocycles. The average molecular weight is 316 g/mol. The molecule has 2 fully saturated rings. The minimum absolute atomic E-state index is 0.0418. The Morgan fingerprint density at radius 1 is 1.35 bits per heavy atom. The lowest BCUT2D eigenvalue weighted by molar-refractivity contribution is 0.0975. The Morgan fingerprint density at radius 2 is 2.15 bits per heavy atom. The number of hydrogen-bond acceptors (Lipinski definition) is 5. The molecule has 2 aliphatic rings. The van der Waals surface area contributed by atoms with Crippen molar-refractivity contribution in [3.63, 3.8) is 0 Å². The first-order valence-electron chi connectivity index (χ1n) is 7.12. The van der Waals surface area contributed by atoms with Crippen LogP contribution in [-0.2, 0) is 10.0 Å². The van der Waals surface area contributed by atoms with E-state index in [9.17, 15) is 13.5 Å². The zero-order valence-corrected chi connectivity index (χ0v) is 13.2. The van der Waals surface area contributed by atoms with Crippen LogP contribution in [-0.4, -0.2) is 41.5 Å². The zero-order chi connectivity index (χ0) is 14.3. The van der Waals surface area contributed by atoms with E-state index in [0.717, 1.165) is 37.1 Å². The number of sulfonamides is 1. The molecule has 1 aliphatic heterocycles. The van der Waals surface area contributed by atoms with Gasteiger partial charge < -0.3 is 5.11 Å². The predicted molar refractivity (Wildman–Crippen MR) is 77.1 cm³/mol. The fraction of sp³-hybridized carbons (Fsp3) is 0.769. The summed E-state index contributed by atoms with van der Waals surface area (Å²) in [7, 11) is -3.45. The first-order chi connectivity index (χ1) is 9.50. The molecule has 1 aromatic rings. The van der Waals surface area contributed by atoms with E-state index in [1.54, 1.807) is 4.31 Å². The molecule has 1 aromatic heterocycles. The molecule has 20 heavy (non-hydrogen) atoms. The van der Waals surface area contributed by atoms with Crippen molar-refractivity contribution in [1.82, 2.24) is 9.29 Å². The molecule has 0 bridgehead atoms. The molecule has 3 atom stereocenters. The minimum atomic E-state index is -3.45. The molecule has 7 heteroatoms. The molecule has 0 amide bonds.